The smallest absolute Gasteiger partial charge is 0.233 e. The van der Waals surface area contributed by atoms with Gasteiger partial charge in [-0.1, -0.05) is 12.2 Å². The van der Waals surface area contributed by atoms with E-state index in [1.54, 1.807) is 29.2 Å². The minimum absolute atomic E-state index is 0.0317. The number of carbonyl (C=O) groups is 4. The number of likely N-dealkylation sites (tertiary alicyclic amines) is 1. The SMILES string of the molecule is CC(=O)Nc1ccc(NC(=O)C2CCC(N3C(=O)[C@@H]4[C@@H]5C=C[C@H]([C@H]6C[C@@H]56)[C@@H]4C3=O)CC2)cc1. The zero-order valence-electron chi connectivity index (χ0n) is 18.7. The number of anilines is 2. The molecule has 2 N–H and O–H groups in total. The molecule has 0 unspecified atom stereocenters. The Balaban J connectivity index is 1.06. The highest BCUT2D eigenvalue weighted by Crippen LogP contribution is 2.65. The van der Waals surface area contributed by atoms with Crippen LogP contribution in [0.3, 0.4) is 0 Å². The first kappa shape index (κ1) is 20.6. The fourth-order valence-electron chi connectivity index (χ4n) is 7.02. The van der Waals surface area contributed by atoms with Crippen LogP contribution in [0.5, 0.6) is 0 Å². The average molecular weight is 448 g/mol. The Hall–Kier alpha value is -2.96. The number of hydrogen-bond acceptors (Lipinski definition) is 4. The molecule has 6 aliphatic rings. The second-order valence-corrected chi connectivity index (χ2v) is 10.5. The van der Waals surface area contributed by atoms with E-state index in [9.17, 15) is 19.2 Å². The first-order valence-electron chi connectivity index (χ1n) is 12.2. The van der Waals surface area contributed by atoms with Crippen molar-refractivity contribution in [3.63, 3.8) is 0 Å². The predicted octanol–water partition coefficient (Wildman–Crippen LogP) is 3.20. The van der Waals surface area contributed by atoms with Crippen LogP contribution < -0.4 is 10.6 Å². The van der Waals surface area contributed by atoms with Gasteiger partial charge >= 0.3 is 0 Å². The van der Waals surface area contributed by atoms with Crippen molar-refractivity contribution in [2.24, 2.45) is 41.4 Å². The molecule has 5 aliphatic carbocycles. The minimum atomic E-state index is -0.141. The normalized spacial score (nSPS) is 38.0. The quantitative estimate of drug-likeness (QED) is 0.547. The number of carbonyl (C=O) groups excluding carboxylic acids is 4. The molecule has 33 heavy (non-hydrogen) atoms. The van der Waals surface area contributed by atoms with E-state index in [4.69, 9.17) is 0 Å². The lowest BCUT2D eigenvalue weighted by molar-refractivity contribution is -0.144. The minimum Gasteiger partial charge on any atom is -0.326 e. The zero-order chi connectivity index (χ0) is 22.9. The molecule has 7 nitrogen and oxygen atoms in total. The molecule has 1 saturated heterocycles. The van der Waals surface area contributed by atoms with E-state index in [0.717, 1.165) is 0 Å². The lowest BCUT2D eigenvalue weighted by atomic mass is 9.63. The Labute approximate surface area is 193 Å². The molecule has 0 radical (unpaired) electrons. The first-order chi connectivity index (χ1) is 15.9. The summed E-state index contributed by atoms with van der Waals surface area (Å²) in [6.07, 6.45) is 8.30. The third-order valence-electron chi connectivity index (χ3n) is 8.60. The number of rotatable bonds is 4. The molecule has 1 aliphatic heterocycles. The van der Waals surface area contributed by atoms with Gasteiger partial charge in [0.2, 0.25) is 23.6 Å². The third kappa shape index (κ3) is 3.31. The number of nitrogens with zero attached hydrogens (tertiary/aromatic N) is 1. The predicted molar refractivity (Wildman–Crippen MR) is 122 cm³/mol. The van der Waals surface area contributed by atoms with Crippen molar-refractivity contribution < 1.29 is 19.2 Å². The van der Waals surface area contributed by atoms with Crippen LogP contribution in [0.2, 0.25) is 0 Å². The molecule has 6 atom stereocenters. The Bertz CT molecular complexity index is 1020. The maximum absolute atomic E-state index is 13.3. The fourth-order valence-corrected chi connectivity index (χ4v) is 7.02. The van der Waals surface area contributed by atoms with E-state index in [-0.39, 0.29) is 59.3 Å². The van der Waals surface area contributed by atoms with E-state index in [0.29, 0.717) is 48.9 Å². The number of hydrogen-bond donors (Lipinski definition) is 2. The summed E-state index contributed by atoms with van der Waals surface area (Å²) in [6, 6.07) is 6.97. The summed E-state index contributed by atoms with van der Waals surface area (Å²) in [4.78, 5) is 52.2. The Morgan fingerprint density at radius 2 is 1.33 bits per heavy atom. The van der Waals surface area contributed by atoms with Gasteiger partial charge in [-0.05, 0) is 80.0 Å². The molecule has 4 fully saturated rings. The summed E-state index contributed by atoms with van der Waals surface area (Å²) < 4.78 is 0. The van der Waals surface area contributed by atoms with Gasteiger partial charge in [0, 0.05) is 30.3 Å². The van der Waals surface area contributed by atoms with Crippen molar-refractivity contribution in [1.82, 2.24) is 4.90 Å². The second-order valence-electron chi connectivity index (χ2n) is 10.5. The molecule has 2 bridgehead atoms. The number of imide groups is 1. The first-order valence-corrected chi connectivity index (χ1v) is 12.2. The van der Waals surface area contributed by atoms with Crippen molar-refractivity contribution in [3.8, 4) is 0 Å². The summed E-state index contributed by atoms with van der Waals surface area (Å²) >= 11 is 0. The van der Waals surface area contributed by atoms with Crippen molar-refractivity contribution in [2.75, 3.05) is 10.6 Å². The van der Waals surface area contributed by atoms with Crippen LogP contribution in [0, 0.1) is 41.4 Å². The van der Waals surface area contributed by atoms with Crippen molar-refractivity contribution in [1.29, 1.82) is 0 Å². The molecule has 1 heterocycles. The van der Waals surface area contributed by atoms with Gasteiger partial charge in [0.15, 0.2) is 0 Å². The lowest BCUT2D eigenvalue weighted by Crippen LogP contribution is -2.44. The highest BCUT2D eigenvalue weighted by atomic mass is 16.2. The van der Waals surface area contributed by atoms with Crippen molar-refractivity contribution in [3.05, 3.63) is 36.4 Å². The van der Waals surface area contributed by atoms with Gasteiger partial charge in [-0.15, -0.1) is 0 Å². The molecule has 4 amide bonds. The van der Waals surface area contributed by atoms with Gasteiger partial charge in [0.1, 0.15) is 0 Å². The standard InChI is InChI=1S/C26H29N3O4/c1-13(30)27-15-4-6-16(7-5-15)28-24(31)14-2-8-17(9-3-14)29-25(32)22-18-10-11-19(21-12-20(18)21)23(22)26(29)33/h4-7,10-11,14,17-23H,2-3,8-9,12H2,1H3,(H,27,30)(H,28,31)/t14?,17?,18-,19-,20-,21+,22+,23-/m1/s1. The van der Waals surface area contributed by atoms with Crippen molar-refractivity contribution >= 4 is 35.0 Å². The largest absolute Gasteiger partial charge is 0.326 e. The summed E-state index contributed by atoms with van der Waals surface area (Å²) in [7, 11) is 0. The average Bonchev–Trinajstić information content (AvgIpc) is 3.58. The van der Waals surface area contributed by atoms with E-state index in [2.05, 4.69) is 22.8 Å². The van der Waals surface area contributed by atoms with Crippen LogP contribution in [0.25, 0.3) is 0 Å². The molecule has 7 rings (SSSR count). The molecule has 172 valence electrons. The Kier molecular flexibility index (Phi) is 4.71. The van der Waals surface area contributed by atoms with Gasteiger partial charge in [-0.3, -0.25) is 24.1 Å². The topological polar surface area (TPSA) is 95.6 Å². The van der Waals surface area contributed by atoms with Gasteiger partial charge in [0.25, 0.3) is 0 Å². The van der Waals surface area contributed by atoms with Gasteiger partial charge in [-0.2, -0.15) is 0 Å². The molecular weight excluding hydrogens is 418 g/mol. The maximum atomic E-state index is 13.3. The zero-order valence-corrected chi connectivity index (χ0v) is 18.7. The lowest BCUT2D eigenvalue weighted by Gasteiger charge is -2.37. The van der Waals surface area contributed by atoms with Crippen LogP contribution in [-0.2, 0) is 19.2 Å². The highest BCUT2D eigenvalue weighted by Gasteiger charge is 2.67. The number of benzene rings is 1. The summed E-state index contributed by atoms with van der Waals surface area (Å²) in [5.74, 6) is 1.25. The van der Waals surface area contributed by atoms with Gasteiger partial charge in [-0.25, -0.2) is 0 Å². The summed E-state index contributed by atoms with van der Waals surface area (Å²) in [6.45, 7) is 1.45. The molecule has 1 aromatic carbocycles. The van der Waals surface area contributed by atoms with Crippen LogP contribution in [-0.4, -0.2) is 34.6 Å². The van der Waals surface area contributed by atoms with E-state index >= 15 is 0 Å². The van der Waals surface area contributed by atoms with Crippen molar-refractivity contribution in [2.45, 2.75) is 45.1 Å². The van der Waals surface area contributed by atoms with Gasteiger partial charge < -0.3 is 10.6 Å². The molecule has 7 heteroatoms. The molecule has 0 spiro atoms. The van der Waals surface area contributed by atoms with Gasteiger partial charge in [0.05, 0.1) is 11.8 Å². The Morgan fingerprint density at radius 3 is 1.85 bits per heavy atom. The van der Waals surface area contributed by atoms with E-state index < -0.39 is 0 Å². The summed E-state index contributed by atoms with van der Waals surface area (Å²) in [5.41, 5.74) is 1.37. The van der Waals surface area contributed by atoms with Crippen LogP contribution in [0.4, 0.5) is 11.4 Å². The number of amides is 4. The highest BCUT2D eigenvalue weighted by molar-refractivity contribution is 6.06. The number of nitrogens with one attached hydrogen (secondary N) is 2. The van der Waals surface area contributed by atoms with E-state index in [1.807, 2.05) is 0 Å². The van der Waals surface area contributed by atoms with Crippen LogP contribution in [0.1, 0.15) is 39.0 Å². The molecule has 3 saturated carbocycles. The molecular formula is C26H29N3O4. The van der Waals surface area contributed by atoms with Crippen LogP contribution in [0.15, 0.2) is 36.4 Å². The van der Waals surface area contributed by atoms with E-state index in [1.165, 1.54) is 13.3 Å². The molecule has 1 aromatic rings. The summed E-state index contributed by atoms with van der Waals surface area (Å²) in [5, 5.41) is 5.66. The van der Waals surface area contributed by atoms with Crippen LogP contribution >= 0.6 is 0 Å². The molecule has 0 aromatic heterocycles. The third-order valence-corrected chi connectivity index (χ3v) is 8.60. The maximum Gasteiger partial charge on any atom is 0.233 e. The fraction of sp³-hybridized carbons (Fsp3) is 0.538. The second kappa shape index (κ2) is 7.54. The number of allylic oxidation sites excluding steroid dienone is 2. The monoisotopic (exact) mass is 447 g/mol. The Morgan fingerprint density at radius 1 is 0.818 bits per heavy atom.